The number of rotatable bonds is 12. The van der Waals surface area contributed by atoms with Gasteiger partial charge in [0, 0.05) is 5.92 Å². The summed E-state index contributed by atoms with van der Waals surface area (Å²) >= 11 is 0. The van der Waals surface area contributed by atoms with E-state index in [1.807, 2.05) is 6.92 Å². The van der Waals surface area contributed by atoms with Gasteiger partial charge in [-0.05, 0) is 96.5 Å². The fourth-order valence-electron chi connectivity index (χ4n) is 4.82. The van der Waals surface area contributed by atoms with Crippen molar-refractivity contribution in [3.8, 4) is 0 Å². The molecule has 0 aromatic rings. The summed E-state index contributed by atoms with van der Waals surface area (Å²) in [6.45, 7) is 12.6. The molecule has 0 bridgehead atoms. The number of ether oxygens (including phenoxy) is 1. The topological polar surface area (TPSA) is 66.8 Å². The number of aliphatic hydroxyl groups is 1. The van der Waals surface area contributed by atoms with Gasteiger partial charge in [-0.25, -0.2) is 0 Å². The van der Waals surface area contributed by atoms with Crippen LogP contribution in [0, 0.1) is 17.8 Å². The van der Waals surface area contributed by atoms with Gasteiger partial charge in [0.1, 0.15) is 11.4 Å². The number of carboxylic acid groups (broad SMARTS) is 1. The molecule has 2 aliphatic rings. The Morgan fingerprint density at radius 2 is 2.03 bits per heavy atom. The molecule has 0 amide bonds. The van der Waals surface area contributed by atoms with Crippen molar-refractivity contribution in [2.75, 3.05) is 0 Å². The van der Waals surface area contributed by atoms with Crippen molar-refractivity contribution >= 4 is 5.97 Å². The molecule has 0 spiro atoms. The lowest BCUT2D eigenvalue weighted by molar-refractivity contribution is -0.141. The van der Waals surface area contributed by atoms with Crippen LogP contribution in [0.3, 0.4) is 0 Å². The number of aliphatic carboxylic acids is 1. The van der Waals surface area contributed by atoms with E-state index >= 15 is 0 Å². The number of allylic oxidation sites excluding steroid dienone is 6. The molecule has 32 heavy (non-hydrogen) atoms. The van der Waals surface area contributed by atoms with Gasteiger partial charge in [-0.3, -0.25) is 4.79 Å². The Morgan fingerprint density at radius 3 is 2.72 bits per heavy atom. The largest absolute Gasteiger partial charge is 0.491 e. The lowest BCUT2D eigenvalue weighted by Gasteiger charge is -2.41. The summed E-state index contributed by atoms with van der Waals surface area (Å²) in [5.74, 6) is 1.13. The SMILES string of the molecule is CC(=CCCC1(C)CCC2=C(O1)C(C)C(C)C=C2)CCCC(C)(O)CCCC(C)C(=O)O. The summed E-state index contributed by atoms with van der Waals surface area (Å²) in [6, 6.07) is 0. The van der Waals surface area contributed by atoms with E-state index in [1.54, 1.807) is 6.92 Å². The summed E-state index contributed by atoms with van der Waals surface area (Å²) in [6.07, 6.45) is 15.9. The number of hydrogen-bond donors (Lipinski definition) is 2. The van der Waals surface area contributed by atoms with E-state index in [-0.39, 0.29) is 11.5 Å². The Morgan fingerprint density at radius 1 is 1.34 bits per heavy atom. The minimum absolute atomic E-state index is 0.0778. The van der Waals surface area contributed by atoms with Crippen molar-refractivity contribution in [2.24, 2.45) is 17.8 Å². The molecule has 0 fully saturated rings. The van der Waals surface area contributed by atoms with Crippen LogP contribution in [0.15, 0.2) is 35.1 Å². The molecular weight excluding hydrogens is 400 g/mol. The fraction of sp³-hybridized carbons (Fsp3) is 0.750. The zero-order valence-electron chi connectivity index (χ0n) is 21.2. The summed E-state index contributed by atoms with van der Waals surface area (Å²) in [4.78, 5) is 10.9. The first-order chi connectivity index (χ1) is 14.9. The van der Waals surface area contributed by atoms with Crippen LogP contribution in [0.1, 0.15) is 106 Å². The first-order valence-electron chi connectivity index (χ1n) is 12.6. The van der Waals surface area contributed by atoms with E-state index in [2.05, 4.69) is 45.9 Å². The predicted octanol–water partition coefficient (Wildman–Crippen LogP) is 7.19. The predicted molar refractivity (Wildman–Crippen MR) is 131 cm³/mol. The van der Waals surface area contributed by atoms with Crippen LogP contribution in [0.4, 0.5) is 0 Å². The average Bonchev–Trinajstić information content (AvgIpc) is 2.70. The highest BCUT2D eigenvalue weighted by atomic mass is 16.5. The lowest BCUT2D eigenvalue weighted by atomic mass is 9.80. The van der Waals surface area contributed by atoms with E-state index in [9.17, 15) is 9.90 Å². The standard InChI is InChI=1S/C28H46O4/c1-20(10-7-16-27(5,31)17-9-12-22(3)26(29)30)11-8-18-28(6)19-15-24-14-13-21(2)23(4)25(24)32-28/h11,13-14,21-23,31H,7-10,12,15-19H2,1-6H3,(H,29,30). The minimum atomic E-state index is -0.755. The smallest absolute Gasteiger partial charge is 0.306 e. The Hall–Kier alpha value is -1.55. The molecule has 5 atom stereocenters. The Bertz CT molecular complexity index is 730. The minimum Gasteiger partial charge on any atom is -0.491 e. The highest BCUT2D eigenvalue weighted by Crippen LogP contribution is 2.42. The second-order valence-electron chi connectivity index (χ2n) is 11.0. The summed E-state index contributed by atoms with van der Waals surface area (Å²) in [5, 5.41) is 19.6. The molecule has 0 saturated heterocycles. The molecule has 0 aromatic heterocycles. The van der Waals surface area contributed by atoms with Crippen LogP contribution in [-0.2, 0) is 9.53 Å². The van der Waals surface area contributed by atoms with E-state index in [0.29, 0.717) is 24.7 Å². The number of carboxylic acids is 1. The van der Waals surface area contributed by atoms with E-state index < -0.39 is 11.6 Å². The molecule has 1 heterocycles. The Balaban J connectivity index is 1.71. The van der Waals surface area contributed by atoms with Gasteiger partial charge in [0.05, 0.1) is 11.5 Å². The monoisotopic (exact) mass is 446 g/mol. The third-order valence-electron chi connectivity index (χ3n) is 7.63. The molecule has 4 nitrogen and oxygen atoms in total. The van der Waals surface area contributed by atoms with Crippen molar-refractivity contribution in [2.45, 2.75) is 117 Å². The Labute approximate surface area is 195 Å². The van der Waals surface area contributed by atoms with Gasteiger partial charge >= 0.3 is 5.97 Å². The van der Waals surface area contributed by atoms with Crippen LogP contribution >= 0.6 is 0 Å². The molecule has 182 valence electrons. The fourth-order valence-corrected chi connectivity index (χ4v) is 4.82. The first kappa shape index (κ1) is 26.7. The third-order valence-corrected chi connectivity index (χ3v) is 7.63. The van der Waals surface area contributed by atoms with Crippen molar-refractivity contribution in [3.63, 3.8) is 0 Å². The Kier molecular flexibility index (Phi) is 9.63. The zero-order chi connectivity index (χ0) is 23.9. The number of carbonyl (C=O) groups is 1. The quantitative estimate of drug-likeness (QED) is 0.311. The van der Waals surface area contributed by atoms with Crippen molar-refractivity contribution in [3.05, 3.63) is 35.1 Å². The molecule has 0 radical (unpaired) electrons. The van der Waals surface area contributed by atoms with Gasteiger partial charge in [0.2, 0.25) is 0 Å². The molecule has 4 heteroatoms. The van der Waals surface area contributed by atoms with Gasteiger partial charge in [-0.1, -0.05) is 44.6 Å². The third kappa shape index (κ3) is 8.10. The maximum Gasteiger partial charge on any atom is 0.306 e. The van der Waals surface area contributed by atoms with Crippen LogP contribution in [0.2, 0.25) is 0 Å². The van der Waals surface area contributed by atoms with Gasteiger partial charge in [-0.2, -0.15) is 0 Å². The molecule has 0 aromatic carbocycles. The summed E-state index contributed by atoms with van der Waals surface area (Å²) in [7, 11) is 0. The average molecular weight is 447 g/mol. The van der Waals surface area contributed by atoms with Crippen molar-refractivity contribution in [1.29, 1.82) is 0 Å². The molecule has 5 unspecified atom stereocenters. The second kappa shape index (κ2) is 11.5. The maximum atomic E-state index is 10.9. The molecule has 0 saturated carbocycles. The first-order valence-corrected chi connectivity index (χ1v) is 12.6. The highest BCUT2D eigenvalue weighted by molar-refractivity contribution is 5.69. The molecule has 2 rings (SSSR count). The van der Waals surface area contributed by atoms with Gasteiger partial charge in [0.25, 0.3) is 0 Å². The van der Waals surface area contributed by atoms with Crippen LogP contribution in [0.5, 0.6) is 0 Å². The lowest BCUT2D eigenvalue weighted by Crippen LogP contribution is -2.35. The van der Waals surface area contributed by atoms with Crippen molar-refractivity contribution in [1.82, 2.24) is 0 Å². The second-order valence-corrected chi connectivity index (χ2v) is 11.0. The molecule has 1 aliphatic carbocycles. The van der Waals surface area contributed by atoms with Gasteiger partial charge in [-0.15, -0.1) is 0 Å². The summed E-state index contributed by atoms with van der Waals surface area (Å²) < 4.78 is 6.57. The zero-order valence-corrected chi connectivity index (χ0v) is 21.2. The highest BCUT2D eigenvalue weighted by Gasteiger charge is 2.36. The van der Waals surface area contributed by atoms with Crippen molar-refractivity contribution < 1.29 is 19.7 Å². The van der Waals surface area contributed by atoms with Crippen LogP contribution < -0.4 is 0 Å². The maximum absolute atomic E-state index is 10.9. The molecule has 1 aliphatic heterocycles. The number of hydrogen-bond acceptors (Lipinski definition) is 3. The van der Waals surface area contributed by atoms with E-state index in [4.69, 9.17) is 9.84 Å². The molecular formula is C28H46O4. The van der Waals surface area contributed by atoms with Gasteiger partial charge in [0.15, 0.2) is 0 Å². The normalized spacial score (nSPS) is 28.7. The van der Waals surface area contributed by atoms with E-state index in [0.717, 1.165) is 51.4 Å². The molecule has 2 N–H and O–H groups in total. The van der Waals surface area contributed by atoms with Crippen LogP contribution in [0.25, 0.3) is 0 Å². The van der Waals surface area contributed by atoms with Crippen LogP contribution in [-0.4, -0.2) is 27.4 Å². The van der Waals surface area contributed by atoms with E-state index in [1.165, 1.54) is 16.9 Å². The summed E-state index contributed by atoms with van der Waals surface area (Å²) in [5.41, 5.74) is 1.98. The van der Waals surface area contributed by atoms with Gasteiger partial charge < -0.3 is 14.9 Å².